The molecule has 3 aromatic heterocycles. The predicted octanol–water partition coefficient (Wildman–Crippen LogP) is 6.98. The normalized spacial score (nSPS) is 17.8. The number of hydrogen-bond acceptors (Lipinski definition) is 6. The molecule has 9 nitrogen and oxygen atoms in total. The second-order valence-corrected chi connectivity index (χ2v) is 11.9. The number of methoxy groups -OCH3 is 1. The number of carbonyl (C=O) groups excluding carboxylic acids is 3. The standard InChI is InChI=1S/C35H37N5O4/c1-9-20-16(3)23-13-25-18(5)22(11-12-29(41)44-8)32(38-25)31-33-30(34(42)40(7)35(31)43)19(6)26(39-33)15-28-21(10-2)17(4)24(37-28)14-27(20)36-23/h9,13-15,18,22,36,39H,1,10-12H2,2-8H3/t18-,22-/m0/s1. The van der Waals surface area contributed by atoms with Crippen molar-refractivity contribution in [3.8, 4) is 0 Å². The number of aromatic amines is 2. The summed E-state index contributed by atoms with van der Waals surface area (Å²) in [6, 6.07) is 6.05. The van der Waals surface area contributed by atoms with Crippen LogP contribution >= 0.6 is 0 Å². The maximum absolute atomic E-state index is 13.9. The van der Waals surface area contributed by atoms with E-state index in [2.05, 4.69) is 43.4 Å². The topological polar surface area (TPSA) is 121 Å². The molecule has 44 heavy (non-hydrogen) atoms. The SMILES string of the molecule is C=Cc1c(C)c2cc3nc(c4c5[nH]c(cc6nc(cc1[nH]2)C(C)=C6CC)c(C)c5C(=O)N(C)C4=O)[C@@H](CCC(=O)OC)[C@@H]3C. The average Bonchev–Trinajstić information content (AvgIpc) is 3.68. The Morgan fingerprint density at radius 3 is 2.36 bits per heavy atom. The van der Waals surface area contributed by atoms with Gasteiger partial charge in [-0.05, 0) is 74.1 Å². The molecule has 2 atom stereocenters. The number of aryl methyl sites for hydroxylation is 2. The minimum atomic E-state index is -0.424. The van der Waals surface area contributed by atoms with Crippen molar-refractivity contribution in [1.82, 2.24) is 24.8 Å². The molecular formula is C35H37N5O4. The number of fused-ring (bicyclic) bond motifs is 8. The number of carbonyl (C=O) groups is 3. The lowest BCUT2D eigenvalue weighted by Crippen LogP contribution is -2.37. The molecule has 0 aromatic carbocycles. The lowest BCUT2D eigenvalue weighted by atomic mass is 9.84. The summed E-state index contributed by atoms with van der Waals surface area (Å²) in [5.41, 5.74) is 11.7. The third kappa shape index (κ3) is 4.32. The van der Waals surface area contributed by atoms with E-state index in [1.54, 1.807) is 0 Å². The molecule has 0 spiro atoms. The van der Waals surface area contributed by atoms with Gasteiger partial charge in [0.05, 0.1) is 40.8 Å². The zero-order valence-electron chi connectivity index (χ0n) is 26.3. The highest BCUT2D eigenvalue weighted by atomic mass is 16.5. The number of allylic oxidation sites excluding steroid dienone is 2. The number of H-pyrrole nitrogens is 2. The summed E-state index contributed by atoms with van der Waals surface area (Å²) in [6.45, 7) is 14.3. The Labute approximate surface area is 256 Å². The lowest BCUT2D eigenvalue weighted by molar-refractivity contribution is -0.140. The monoisotopic (exact) mass is 591 g/mol. The summed E-state index contributed by atoms with van der Waals surface area (Å²) in [5, 5.41) is 0. The number of nitrogens with zero attached hydrogens (tertiary/aromatic N) is 3. The minimum Gasteiger partial charge on any atom is -0.469 e. The molecule has 226 valence electrons. The molecule has 3 aromatic rings. The molecule has 2 amide bonds. The first-order valence-electron chi connectivity index (χ1n) is 15.0. The van der Waals surface area contributed by atoms with Crippen molar-refractivity contribution >= 4 is 57.1 Å². The summed E-state index contributed by atoms with van der Waals surface area (Å²) in [7, 11) is 2.88. The predicted molar refractivity (Wildman–Crippen MR) is 172 cm³/mol. The smallest absolute Gasteiger partial charge is 0.305 e. The number of imide groups is 1. The van der Waals surface area contributed by atoms with E-state index < -0.39 is 5.91 Å². The van der Waals surface area contributed by atoms with Crippen molar-refractivity contribution in [2.75, 3.05) is 14.2 Å². The van der Waals surface area contributed by atoms with Crippen LogP contribution in [0.15, 0.2) is 24.8 Å². The van der Waals surface area contributed by atoms with E-state index in [1.807, 2.05) is 32.1 Å². The number of aromatic nitrogens is 4. The van der Waals surface area contributed by atoms with E-state index in [4.69, 9.17) is 14.7 Å². The Kier molecular flexibility index (Phi) is 7.14. The Morgan fingerprint density at radius 1 is 1.00 bits per heavy atom. The van der Waals surface area contributed by atoms with Gasteiger partial charge in [-0.15, -0.1) is 0 Å². The highest BCUT2D eigenvalue weighted by Gasteiger charge is 2.39. The molecule has 0 fully saturated rings. The van der Waals surface area contributed by atoms with Gasteiger partial charge in [0.2, 0.25) is 0 Å². The molecule has 6 rings (SSSR count). The van der Waals surface area contributed by atoms with Crippen LogP contribution in [-0.4, -0.2) is 56.8 Å². The molecule has 0 unspecified atom stereocenters. The van der Waals surface area contributed by atoms with E-state index in [0.717, 1.165) is 67.3 Å². The van der Waals surface area contributed by atoms with Gasteiger partial charge >= 0.3 is 5.97 Å². The number of amides is 2. The first kappa shape index (κ1) is 29.3. The molecule has 3 aliphatic heterocycles. The zero-order valence-corrected chi connectivity index (χ0v) is 26.3. The molecule has 0 saturated carbocycles. The third-order valence-corrected chi connectivity index (χ3v) is 9.56. The number of nitrogens with one attached hydrogen (secondary N) is 2. The van der Waals surface area contributed by atoms with Crippen LogP contribution in [-0.2, 0) is 9.53 Å². The fourth-order valence-corrected chi connectivity index (χ4v) is 6.85. The lowest BCUT2D eigenvalue weighted by Gasteiger charge is -2.24. The van der Waals surface area contributed by atoms with Crippen molar-refractivity contribution in [2.24, 2.45) is 0 Å². The van der Waals surface area contributed by atoms with Gasteiger partial charge in [0.15, 0.2) is 0 Å². The average molecular weight is 592 g/mol. The van der Waals surface area contributed by atoms with Crippen LogP contribution < -0.4 is 0 Å². The Bertz CT molecular complexity index is 1990. The van der Waals surface area contributed by atoms with Crippen molar-refractivity contribution in [3.05, 3.63) is 75.4 Å². The molecule has 0 aliphatic carbocycles. The van der Waals surface area contributed by atoms with Gasteiger partial charge in [0, 0.05) is 53.1 Å². The summed E-state index contributed by atoms with van der Waals surface area (Å²) in [5.74, 6) is -1.49. The van der Waals surface area contributed by atoms with E-state index >= 15 is 0 Å². The van der Waals surface area contributed by atoms with E-state index in [0.29, 0.717) is 34.3 Å². The van der Waals surface area contributed by atoms with Gasteiger partial charge in [-0.1, -0.05) is 26.5 Å². The maximum atomic E-state index is 13.9. The maximum Gasteiger partial charge on any atom is 0.305 e. The van der Waals surface area contributed by atoms with E-state index in [-0.39, 0.29) is 30.1 Å². The van der Waals surface area contributed by atoms with Crippen LogP contribution in [0, 0.1) is 13.8 Å². The first-order valence-corrected chi connectivity index (χ1v) is 15.0. The minimum absolute atomic E-state index is 0.116. The summed E-state index contributed by atoms with van der Waals surface area (Å²) >= 11 is 0. The summed E-state index contributed by atoms with van der Waals surface area (Å²) in [6.07, 6.45) is 3.24. The number of esters is 1. The van der Waals surface area contributed by atoms with Gasteiger partial charge in [-0.2, -0.15) is 0 Å². The summed E-state index contributed by atoms with van der Waals surface area (Å²) in [4.78, 5) is 58.1. The molecule has 9 heteroatoms. The largest absolute Gasteiger partial charge is 0.469 e. The number of hydrogen-bond donors (Lipinski definition) is 2. The van der Waals surface area contributed by atoms with Crippen molar-refractivity contribution < 1.29 is 19.1 Å². The van der Waals surface area contributed by atoms with Gasteiger partial charge < -0.3 is 14.7 Å². The fourth-order valence-electron chi connectivity index (χ4n) is 6.85. The third-order valence-electron chi connectivity index (χ3n) is 9.56. The van der Waals surface area contributed by atoms with Crippen molar-refractivity contribution in [2.45, 2.75) is 65.7 Å². The van der Waals surface area contributed by atoms with Gasteiger partial charge in [-0.25, -0.2) is 4.98 Å². The summed E-state index contributed by atoms with van der Waals surface area (Å²) < 4.78 is 4.95. The molecule has 0 saturated heterocycles. The van der Waals surface area contributed by atoms with Crippen LogP contribution in [0.25, 0.3) is 39.3 Å². The zero-order chi connectivity index (χ0) is 31.6. The van der Waals surface area contributed by atoms with E-state index in [1.165, 1.54) is 14.2 Å². The molecule has 6 heterocycles. The van der Waals surface area contributed by atoms with Crippen LogP contribution in [0.1, 0.15) is 112 Å². The van der Waals surface area contributed by atoms with Crippen LogP contribution in [0.5, 0.6) is 0 Å². The van der Waals surface area contributed by atoms with E-state index in [9.17, 15) is 14.4 Å². The highest BCUT2D eigenvalue weighted by molar-refractivity contribution is 6.23. The van der Waals surface area contributed by atoms with Crippen LogP contribution in [0.4, 0.5) is 0 Å². The van der Waals surface area contributed by atoms with Gasteiger partial charge in [-0.3, -0.25) is 24.3 Å². The molecule has 8 bridgehead atoms. The quantitative estimate of drug-likeness (QED) is 0.244. The molecule has 0 radical (unpaired) electrons. The second kappa shape index (κ2) is 10.7. The number of rotatable bonds is 5. The molecule has 3 aliphatic rings. The van der Waals surface area contributed by atoms with Crippen LogP contribution in [0.2, 0.25) is 0 Å². The highest BCUT2D eigenvalue weighted by Crippen LogP contribution is 2.44. The van der Waals surface area contributed by atoms with Crippen molar-refractivity contribution in [3.63, 3.8) is 0 Å². The molecular weight excluding hydrogens is 554 g/mol. The first-order chi connectivity index (χ1) is 21.0. The second-order valence-electron chi connectivity index (χ2n) is 11.9. The Hall–Kier alpha value is -4.79. The van der Waals surface area contributed by atoms with Gasteiger partial charge in [0.25, 0.3) is 11.8 Å². The van der Waals surface area contributed by atoms with Crippen molar-refractivity contribution in [1.29, 1.82) is 0 Å². The Morgan fingerprint density at radius 2 is 1.68 bits per heavy atom. The van der Waals surface area contributed by atoms with Gasteiger partial charge in [0.1, 0.15) is 0 Å². The molecule has 2 N–H and O–H groups in total. The van der Waals surface area contributed by atoms with Crippen LogP contribution in [0.3, 0.4) is 0 Å². The fraction of sp³-hybridized carbons (Fsp3) is 0.343. The number of ether oxygens (including phenoxy) is 1. The Balaban J connectivity index is 1.81.